The minimum atomic E-state index is -3.17. The first-order chi connectivity index (χ1) is 5.27. The van der Waals surface area contributed by atoms with Gasteiger partial charge in [-0.2, -0.15) is 0 Å². The molecule has 0 aliphatic carbocycles. The van der Waals surface area contributed by atoms with E-state index in [2.05, 4.69) is 7.94 Å². The molecule has 0 radical (unpaired) electrons. The molecule has 1 aliphatic rings. The van der Waals surface area contributed by atoms with Crippen molar-refractivity contribution in [2.45, 2.75) is 19.8 Å². The molecule has 0 aromatic carbocycles. The lowest BCUT2D eigenvalue weighted by atomic mass is 10.4. The SMILES string of the molecule is CCCCOP1(=O)OSSO1. The first kappa shape index (κ1) is 9.89. The number of unbranched alkanes of at least 4 members (excludes halogenated alkanes) is 1. The van der Waals surface area contributed by atoms with Crippen molar-refractivity contribution in [3.63, 3.8) is 0 Å². The molecule has 66 valence electrons. The summed E-state index contributed by atoms with van der Waals surface area (Å²) in [5, 5.41) is 0. The highest BCUT2D eigenvalue weighted by Gasteiger charge is 2.34. The van der Waals surface area contributed by atoms with E-state index in [1.54, 1.807) is 0 Å². The fourth-order valence-corrected chi connectivity index (χ4v) is 4.08. The van der Waals surface area contributed by atoms with Crippen LogP contribution in [0.25, 0.3) is 0 Å². The molecule has 11 heavy (non-hydrogen) atoms. The smallest absolute Gasteiger partial charge is 0.286 e. The van der Waals surface area contributed by atoms with Crippen molar-refractivity contribution in [2.75, 3.05) is 6.61 Å². The first-order valence-electron chi connectivity index (χ1n) is 3.23. The fraction of sp³-hybridized carbons (Fsp3) is 1.00. The van der Waals surface area contributed by atoms with Gasteiger partial charge in [0, 0.05) is 0 Å². The second kappa shape index (κ2) is 4.74. The van der Waals surface area contributed by atoms with Crippen LogP contribution in [0.1, 0.15) is 19.8 Å². The van der Waals surface area contributed by atoms with Gasteiger partial charge in [0.15, 0.2) is 0 Å². The molecule has 0 saturated carbocycles. The molecular weight excluding hydrogens is 207 g/mol. The predicted octanol–water partition coefficient (Wildman–Crippen LogP) is 3.17. The summed E-state index contributed by atoms with van der Waals surface area (Å²) in [5.41, 5.74) is 0. The number of rotatable bonds is 4. The Hall–Kier alpha value is 0.810. The van der Waals surface area contributed by atoms with Crippen molar-refractivity contribution < 1.29 is 17.0 Å². The van der Waals surface area contributed by atoms with Crippen LogP contribution in [0.4, 0.5) is 0 Å². The highest BCUT2D eigenvalue weighted by atomic mass is 33.1. The number of hydrogen-bond acceptors (Lipinski definition) is 6. The summed E-state index contributed by atoms with van der Waals surface area (Å²) in [4.78, 5) is 0. The van der Waals surface area contributed by atoms with Crippen LogP contribution in [0.15, 0.2) is 0 Å². The molecule has 0 aromatic heterocycles. The van der Waals surface area contributed by atoms with Gasteiger partial charge in [0.25, 0.3) is 0 Å². The van der Waals surface area contributed by atoms with Crippen molar-refractivity contribution >= 4 is 30.0 Å². The van der Waals surface area contributed by atoms with Crippen LogP contribution in [0.3, 0.4) is 0 Å². The summed E-state index contributed by atoms with van der Waals surface area (Å²) in [6.07, 6.45) is 1.87. The second-order valence-electron chi connectivity index (χ2n) is 1.92. The molecule has 1 saturated heterocycles. The maximum Gasteiger partial charge on any atom is 0.498 e. The number of hydrogen-bond donors (Lipinski definition) is 0. The Balaban J connectivity index is 2.18. The Morgan fingerprint density at radius 2 is 2.09 bits per heavy atom. The quantitative estimate of drug-likeness (QED) is 0.311. The third-order valence-corrected chi connectivity index (χ3v) is 4.78. The lowest BCUT2D eigenvalue weighted by molar-refractivity contribution is 0.229. The van der Waals surface area contributed by atoms with E-state index >= 15 is 0 Å². The van der Waals surface area contributed by atoms with Crippen LogP contribution in [-0.2, 0) is 17.0 Å². The van der Waals surface area contributed by atoms with Crippen molar-refractivity contribution in [1.82, 2.24) is 0 Å². The van der Waals surface area contributed by atoms with Crippen LogP contribution in [0.2, 0.25) is 0 Å². The first-order valence-corrected chi connectivity index (χ1v) is 6.69. The third-order valence-electron chi connectivity index (χ3n) is 1.02. The van der Waals surface area contributed by atoms with Crippen LogP contribution < -0.4 is 0 Å². The van der Waals surface area contributed by atoms with Gasteiger partial charge in [-0.25, -0.2) is 12.5 Å². The summed E-state index contributed by atoms with van der Waals surface area (Å²) in [5.74, 6) is 0. The van der Waals surface area contributed by atoms with Gasteiger partial charge in [0.1, 0.15) is 22.1 Å². The van der Waals surface area contributed by atoms with Gasteiger partial charge in [-0.1, -0.05) is 13.3 Å². The largest absolute Gasteiger partial charge is 0.498 e. The zero-order valence-corrected chi connectivity index (χ0v) is 8.55. The monoisotopic (exact) mass is 216 g/mol. The van der Waals surface area contributed by atoms with Gasteiger partial charge in [-0.3, -0.25) is 4.52 Å². The molecule has 4 nitrogen and oxygen atoms in total. The zero-order chi connectivity index (χ0) is 8.16. The highest BCUT2D eigenvalue weighted by Crippen LogP contribution is 2.65. The lowest BCUT2D eigenvalue weighted by Crippen LogP contribution is -1.91. The van der Waals surface area contributed by atoms with Gasteiger partial charge < -0.3 is 0 Å². The summed E-state index contributed by atoms with van der Waals surface area (Å²) in [6.45, 7) is 2.45. The molecule has 0 bridgehead atoms. The third kappa shape index (κ3) is 3.36. The van der Waals surface area contributed by atoms with Crippen LogP contribution in [0.5, 0.6) is 0 Å². The molecule has 1 aliphatic heterocycles. The summed E-state index contributed by atoms with van der Waals surface area (Å²) in [7, 11) is -3.17. The molecule has 0 amide bonds. The minimum absolute atomic E-state index is 0.425. The molecule has 0 atom stereocenters. The van der Waals surface area contributed by atoms with Crippen molar-refractivity contribution in [3.05, 3.63) is 0 Å². The van der Waals surface area contributed by atoms with Gasteiger partial charge in [0.05, 0.1) is 6.61 Å². The Bertz CT molecular complexity index is 154. The standard InChI is InChI=1S/C4H9O4PS2/c1-2-3-4-6-9(5)7-10-11-8-9/h2-4H2,1H3. The van der Waals surface area contributed by atoms with Gasteiger partial charge in [-0.15, -0.1) is 0 Å². The predicted molar refractivity (Wildman–Crippen MR) is 45.8 cm³/mol. The molecule has 0 spiro atoms. The molecular formula is C4H9O4PS2. The molecule has 0 N–H and O–H groups in total. The van der Waals surface area contributed by atoms with E-state index in [9.17, 15) is 4.57 Å². The van der Waals surface area contributed by atoms with Crippen LogP contribution >= 0.6 is 30.0 Å². The number of phosphoric acid groups is 1. The van der Waals surface area contributed by atoms with E-state index in [1.807, 2.05) is 6.92 Å². The minimum Gasteiger partial charge on any atom is -0.286 e. The Labute approximate surface area is 73.8 Å². The fourth-order valence-electron chi connectivity index (χ4n) is 0.476. The van der Waals surface area contributed by atoms with E-state index in [4.69, 9.17) is 4.52 Å². The molecule has 1 heterocycles. The summed E-state index contributed by atoms with van der Waals surface area (Å²) < 4.78 is 25.4. The van der Waals surface area contributed by atoms with E-state index < -0.39 is 7.82 Å². The zero-order valence-electron chi connectivity index (χ0n) is 6.02. The van der Waals surface area contributed by atoms with Crippen molar-refractivity contribution in [2.24, 2.45) is 0 Å². The normalized spacial score (nSPS) is 22.3. The van der Waals surface area contributed by atoms with Gasteiger partial charge in [-0.05, 0) is 6.42 Å². The van der Waals surface area contributed by atoms with Crippen molar-refractivity contribution in [3.8, 4) is 0 Å². The van der Waals surface area contributed by atoms with Gasteiger partial charge >= 0.3 is 7.82 Å². The van der Waals surface area contributed by atoms with Gasteiger partial charge in [0.2, 0.25) is 0 Å². The maximum absolute atomic E-state index is 11.2. The Morgan fingerprint density at radius 3 is 2.64 bits per heavy atom. The Kier molecular flexibility index (Phi) is 4.27. The van der Waals surface area contributed by atoms with E-state index in [0.717, 1.165) is 35.0 Å². The van der Waals surface area contributed by atoms with Crippen LogP contribution in [-0.4, -0.2) is 6.61 Å². The topological polar surface area (TPSA) is 44.8 Å². The molecule has 7 heteroatoms. The average Bonchev–Trinajstić information content (AvgIpc) is 2.38. The summed E-state index contributed by atoms with van der Waals surface area (Å²) >= 11 is 1.89. The van der Waals surface area contributed by atoms with E-state index in [-0.39, 0.29) is 0 Å². The second-order valence-corrected chi connectivity index (χ2v) is 5.35. The average molecular weight is 216 g/mol. The van der Waals surface area contributed by atoms with Crippen LogP contribution in [0, 0.1) is 0 Å². The lowest BCUT2D eigenvalue weighted by Gasteiger charge is -2.05. The van der Waals surface area contributed by atoms with E-state index in [1.165, 1.54) is 0 Å². The Morgan fingerprint density at radius 1 is 1.45 bits per heavy atom. The highest BCUT2D eigenvalue weighted by molar-refractivity contribution is 8.75. The summed E-state index contributed by atoms with van der Waals surface area (Å²) in [6, 6.07) is 0. The molecule has 0 unspecified atom stereocenters. The van der Waals surface area contributed by atoms with E-state index in [0.29, 0.717) is 6.61 Å². The van der Waals surface area contributed by atoms with Crippen molar-refractivity contribution in [1.29, 1.82) is 0 Å². The molecule has 0 aromatic rings. The maximum atomic E-state index is 11.2. The molecule has 1 fully saturated rings. The molecule has 1 rings (SSSR count).